The van der Waals surface area contributed by atoms with E-state index in [4.69, 9.17) is 9.26 Å². The number of aromatic nitrogens is 1. The van der Waals surface area contributed by atoms with Crippen molar-refractivity contribution in [2.45, 2.75) is 20.1 Å². The van der Waals surface area contributed by atoms with E-state index in [9.17, 15) is 8.78 Å². The molecule has 0 spiro atoms. The third-order valence-electron chi connectivity index (χ3n) is 2.45. The molecule has 1 aromatic heterocycles. The molecule has 2 rings (SSSR count). The minimum atomic E-state index is -1.00. The molecule has 0 saturated heterocycles. The Morgan fingerprint density at radius 2 is 2.21 bits per heavy atom. The van der Waals surface area contributed by atoms with Crippen molar-refractivity contribution >= 4 is 0 Å². The minimum absolute atomic E-state index is 0.000498. The topological polar surface area (TPSA) is 47.3 Å². The van der Waals surface area contributed by atoms with Gasteiger partial charge in [0.15, 0.2) is 17.3 Å². The number of halogens is 2. The van der Waals surface area contributed by atoms with Crippen LogP contribution >= 0.6 is 0 Å². The third kappa shape index (κ3) is 3.51. The highest BCUT2D eigenvalue weighted by Gasteiger charge is 2.10. The van der Waals surface area contributed by atoms with Gasteiger partial charge < -0.3 is 14.6 Å². The molecule has 0 atom stereocenters. The Hall–Kier alpha value is -1.95. The summed E-state index contributed by atoms with van der Waals surface area (Å²) in [6, 6.07) is 5.48. The molecule has 6 heteroatoms. The van der Waals surface area contributed by atoms with Crippen LogP contribution in [0.25, 0.3) is 0 Å². The molecule has 0 unspecified atom stereocenters. The molecule has 4 nitrogen and oxygen atoms in total. The van der Waals surface area contributed by atoms with Gasteiger partial charge >= 0.3 is 0 Å². The monoisotopic (exact) mass is 268 g/mol. The van der Waals surface area contributed by atoms with Crippen LogP contribution in [0.1, 0.15) is 18.4 Å². The summed E-state index contributed by atoms with van der Waals surface area (Å²) in [5, 5.41) is 6.92. The van der Waals surface area contributed by atoms with Crippen LogP contribution in [0.2, 0.25) is 0 Å². The molecule has 2 aromatic rings. The van der Waals surface area contributed by atoms with E-state index in [1.54, 1.807) is 6.07 Å². The third-order valence-corrected chi connectivity index (χ3v) is 2.45. The summed E-state index contributed by atoms with van der Waals surface area (Å²) >= 11 is 0. The average molecular weight is 268 g/mol. The Morgan fingerprint density at radius 3 is 3.00 bits per heavy atom. The Morgan fingerprint density at radius 1 is 1.37 bits per heavy atom. The lowest BCUT2D eigenvalue weighted by Gasteiger charge is -2.04. The second-order valence-corrected chi connectivity index (χ2v) is 3.91. The molecule has 1 aromatic carbocycles. The summed E-state index contributed by atoms with van der Waals surface area (Å²) in [6.45, 7) is 3.40. The highest BCUT2D eigenvalue weighted by molar-refractivity contribution is 5.25. The van der Waals surface area contributed by atoms with Crippen LogP contribution in [-0.4, -0.2) is 11.7 Å². The SMILES string of the molecule is CCNCc1cc(COc2cccc(F)c2F)on1. The number of nitrogens with zero attached hydrogens (tertiary/aromatic N) is 1. The van der Waals surface area contributed by atoms with Gasteiger partial charge in [0.05, 0.1) is 5.69 Å². The van der Waals surface area contributed by atoms with Gasteiger partial charge in [-0.25, -0.2) is 4.39 Å². The number of rotatable bonds is 6. The van der Waals surface area contributed by atoms with Crippen LogP contribution in [0.3, 0.4) is 0 Å². The van der Waals surface area contributed by atoms with Gasteiger partial charge in [-0.15, -0.1) is 0 Å². The first-order chi connectivity index (χ1) is 9.20. The highest BCUT2D eigenvalue weighted by atomic mass is 19.2. The zero-order valence-electron chi connectivity index (χ0n) is 10.5. The Bertz CT molecular complexity index is 543. The molecule has 19 heavy (non-hydrogen) atoms. The van der Waals surface area contributed by atoms with Crippen LogP contribution < -0.4 is 10.1 Å². The quantitative estimate of drug-likeness (QED) is 0.875. The normalized spacial score (nSPS) is 10.7. The van der Waals surface area contributed by atoms with Crippen LogP contribution in [-0.2, 0) is 13.2 Å². The summed E-state index contributed by atoms with van der Waals surface area (Å²) in [6.07, 6.45) is 0. The first kappa shape index (κ1) is 13.5. The summed E-state index contributed by atoms with van der Waals surface area (Å²) in [5.74, 6) is -1.64. The van der Waals surface area contributed by atoms with E-state index < -0.39 is 11.6 Å². The van der Waals surface area contributed by atoms with E-state index in [0.29, 0.717) is 12.3 Å². The largest absolute Gasteiger partial charge is 0.482 e. The fourth-order valence-electron chi connectivity index (χ4n) is 1.50. The molecule has 0 aliphatic rings. The second kappa shape index (κ2) is 6.29. The smallest absolute Gasteiger partial charge is 0.200 e. The van der Waals surface area contributed by atoms with Gasteiger partial charge in [0.1, 0.15) is 6.61 Å². The van der Waals surface area contributed by atoms with Crippen LogP contribution in [0, 0.1) is 11.6 Å². The number of hydrogen-bond acceptors (Lipinski definition) is 4. The molecule has 102 valence electrons. The summed E-state index contributed by atoms with van der Waals surface area (Å²) < 4.78 is 36.4. The van der Waals surface area contributed by atoms with Crippen molar-refractivity contribution in [2.24, 2.45) is 0 Å². The Balaban J connectivity index is 1.95. The molecule has 0 bridgehead atoms. The van der Waals surface area contributed by atoms with Crippen molar-refractivity contribution in [3.8, 4) is 5.75 Å². The Labute approximate surface area is 109 Å². The molecule has 1 N–H and O–H groups in total. The van der Waals surface area contributed by atoms with Crippen LogP contribution in [0.5, 0.6) is 5.75 Å². The number of benzene rings is 1. The van der Waals surface area contributed by atoms with E-state index >= 15 is 0 Å². The van der Waals surface area contributed by atoms with E-state index in [1.807, 2.05) is 6.92 Å². The fourth-order valence-corrected chi connectivity index (χ4v) is 1.50. The van der Waals surface area contributed by atoms with Crippen molar-refractivity contribution < 1.29 is 18.0 Å². The molecular weight excluding hydrogens is 254 g/mol. The molecule has 0 fully saturated rings. The second-order valence-electron chi connectivity index (χ2n) is 3.91. The minimum Gasteiger partial charge on any atom is -0.482 e. The van der Waals surface area contributed by atoms with Crippen molar-refractivity contribution in [1.82, 2.24) is 10.5 Å². The fraction of sp³-hybridized carbons (Fsp3) is 0.308. The summed E-state index contributed by atoms with van der Waals surface area (Å²) in [5.41, 5.74) is 0.736. The average Bonchev–Trinajstić information content (AvgIpc) is 2.86. The standard InChI is InChI=1S/C13H14F2N2O2/c1-2-16-7-9-6-10(19-17-9)8-18-12-5-3-4-11(14)13(12)15/h3-6,16H,2,7-8H2,1H3. The van der Waals surface area contributed by atoms with E-state index in [0.717, 1.165) is 18.3 Å². The molecule has 0 amide bonds. The Kier molecular flexibility index (Phi) is 4.46. The zero-order valence-corrected chi connectivity index (χ0v) is 10.5. The van der Waals surface area contributed by atoms with Crippen LogP contribution in [0.15, 0.2) is 28.8 Å². The number of ether oxygens (including phenoxy) is 1. The van der Waals surface area contributed by atoms with Gasteiger partial charge in [-0.2, -0.15) is 4.39 Å². The van der Waals surface area contributed by atoms with Gasteiger partial charge in [0.25, 0.3) is 0 Å². The maximum Gasteiger partial charge on any atom is 0.200 e. The van der Waals surface area contributed by atoms with Gasteiger partial charge in [-0.3, -0.25) is 0 Å². The molecule has 0 radical (unpaired) electrons. The van der Waals surface area contributed by atoms with Crippen LogP contribution in [0.4, 0.5) is 8.78 Å². The van der Waals surface area contributed by atoms with Crippen molar-refractivity contribution in [3.05, 3.63) is 47.4 Å². The lowest BCUT2D eigenvalue weighted by atomic mass is 10.3. The van der Waals surface area contributed by atoms with Crippen molar-refractivity contribution in [1.29, 1.82) is 0 Å². The zero-order chi connectivity index (χ0) is 13.7. The predicted molar refractivity (Wildman–Crippen MR) is 64.6 cm³/mol. The van der Waals surface area contributed by atoms with Gasteiger partial charge in [-0.05, 0) is 18.7 Å². The molecule has 1 heterocycles. The first-order valence-corrected chi connectivity index (χ1v) is 5.92. The highest BCUT2D eigenvalue weighted by Crippen LogP contribution is 2.20. The van der Waals surface area contributed by atoms with Crippen molar-refractivity contribution in [2.75, 3.05) is 6.54 Å². The number of hydrogen-bond donors (Lipinski definition) is 1. The van der Waals surface area contributed by atoms with E-state index in [2.05, 4.69) is 10.5 Å². The maximum atomic E-state index is 13.3. The van der Waals surface area contributed by atoms with Gasteiger partial charge in [-0.1, -0.05) is 18.1 Å². The lowest BCUT2D eigenvalue weighted by molar-refractivity contribution is 0.237. The van der Waals surface area contributed by atoms with Gasteiger partial charge in [0, 0.05) is 12.6 Å². The lowest BCUT2D eigenvalue weighted by Crippen LogP contribution is -2.11. The molecule has 0 aliphatic carbocycles. The summed E-state index contributed by atoms with van der Waals surface area (Å²) in [4.78, 5) is 0. The van der Waals surface area contributed by atoms with Gasteiger partial charge in [0.2, 0.25) is 5.82 Å². The summed E-state index contributed by atoms with van der Waals surface area (Å²) in [7, 11) is 0. The van der Waals surface area contributed by atoms with E-state index in [-0.39, 0.29) is 12.4 Å². The first-order valence-electron chi connectivity index (χ1n) is 5.92. The maximum absolute atomic E-state index is 13.3. The predicted octanol–water partition coefficient (Wildman–Crippen LogP) is 2.64. The molecular formula is C13H14F2N2O2. The molecule has 0 aliphatic heterocycles. The number of nitrogens with one attached hydrogen (secondary N) is 1. The van der Waals surface area contributed by atoms with Crippen molar-refractivity contribution in [3.63, 3.8) is 0 Å². The molecule has 0 saturated carbocycles. The van der Waals surface area contributed by atoms with E-state index in [1.165, 1.54) is 12.1 Å².